The number of rotatable bonds is 2. The molecule has 2 aromatic heterocycles. The van der Waals surface area contributed by atoms with Gasteiger partial charge in [-0.1, -0.05) is 0 Å². The van der Waals surface area contributed by atoms with Gasteiger partial charge in [0.1, 0.15) is 23.2 Å². The Kier molecular flexibility index (Phi) is 2.66. The van der Waals surface area contributed by atoms with Gasteiger partial charge in [-0.2, -0.15) is 10.4 Å². The molecule has 0 bridgehead atoms. The standard InChI is InChI=1S/C11H10N4O2/c1-7-3-4-9(17-7)11(16)14-10-8(5-12)6-13-15(10)2/h3-4,6H,1-2H3,(H,14,16). The number of hydrogen-bond donors (Lipinski definition) is 1. The summed E-state index contributed by atoms with van der Waals surface area (Å²) >= 11 is 0. The maximum Gasteiger partial charge on any atom is 0.292 e. The fourth-order valence-electron chi connectivity index (χ4n) is 1.39. The van der Waals surface area contributed by atoms with E-state index in [1.807, 2.05) is 6.07 Å². The van der Waals surface area contributed by atoms with Crippen LogP contribution in [0, 0.1) is 18.3 Å². The number of nitrogens with one attached hydrogen (secondary N) is 1. The van der Waals surface area contributed by atoms with E-state index in [1.165, 1.54) is 10.9 Å². The fraction of sp³-hybridized carbons (Fsp3) is 0.182. The van der Waals surface area contributed by atoms with Crippen molar-refractivity contribution in [2.24, 2.45) is 7.05 Å². The normalized spacial score (nSPS) is 9.94. The molecule has 0 aromatic carbocycles. The Balaban J connectivity index is 2.24. The molecular weight excluding hydrogens is 220 g/mol. The van der Waals surface area contributed by atoms with Crippen LogP contribution in [0.5, 0.6) is 0 Å². The molecule has 2 rings (SSSR count). The lowest BCUT2D eigenvalue weighted by Gasteiger charge is -2.03. The Labute approximate surface area is 97.5 Å². The Bertz CT molecular complexity index is 603. The molecule has 0 aliphatic rings. The lowest BCUT2D eigenvalue weighted by atomic mass is 10.3. The maximum absolute atomic E-state index is 11.8. The molecule has 86 valence electrons. The molecule has 17 heavy (non-hydrogen) atoms. The number of carbonyl (C=O) groups is 1. The van der Waals surface area contributed by atoms with Crippen molar-refractivity contribution >= 4 is 11.7 Å². The number of aryl methyl sites for hydroxylation is 2. The first-order valence-electron chi connectivity index (χ1n) is 4.91. The number of anilines is 1. The van der Waals surface area contributed by atoms with Crippen LogP contribution in [-0.2, 0) is 7.05 Å². The van der Waals surface area contributed by atoms with Gasteiger partial charge in [-0.25, -0.2) is 0 Å². The average Bonchev–Trinajstić information content (AvgIpc) is 2.87. The lowest BCUT2D eigenvalue weighted by Crippen LogP contribution is -2.14. The first kappa shape index (κ1) is 11.0. The summed E-state index contributed by atoms with van der Waals surface area (Å²) in [6, 6.07) is 5.22. The average molecular weight is 230 g/mol. The van der Waals surface area contributed by atoms with Gasteiger partial charge in [0.25, 0.3) is 5.91 Å². The van der Waals surface area contributed by atoms with Crippen molar-refractivity contribution in [1.29, 1.82) is 5.26 Å². The molecule has 0 spiro atoms. The molecule has 2 heterocycles. The third kappa shape index (κ3) is 2.03. The molecule has 0 radical (unpaired) electrons. The number of hydrogen-bond acceptors (Lipinski definition) is 4. The van der Waals surface area contributed by atoms with Crippen molar-refractivity contribution in [3.05, 3.63) is 35.4 Å². The summed E-state index contributed by atoms with van der Waals surface area (Å²) in [5, 5.41) is 15.3. The van der Waals surface area contributed by atoms with Gasteiger partial charge in [-0.05, 0) is 19.1 Å². The fourth-order valence-corrected chi connectivity index (χ4v) is 1.39. The van der Waals surface area contributed by atoms with Crippen LogP contribution >= 0.6 is 0 Å². The van der Waals surface area contributed by atoms with E-state index in [0.717, 1.165) is 0 Å². The van der Waals surface area contributed by atoms with Crippen LogP contribution in [0.15, 0.2) is 22.7 Å². The molecule has 0 aliphatic heterocycles. The van der Waals surface area contributed by atoms with Crippen LogP contribution in [0.4, 0.5) is 5.82 Å². The number of nitriles is 1. The Morgan fingerprint density at radius 3 is 2.94 bits per heavy atom. The van der Waals surface area contributed by atoms with Crippen molar-refractivity contribution in [1.82, 2.24) is 9.78 Å². The Morgan fingerprint density at radius 2 is 2.35 bits per heavy atom. The Hall–Kier alpha value is -2.55. The second-order valence-electron chi connectivity index (χ2n) is 3.51. The highest BCUT2D eigenvalue weighted by molar-refractivity contribution is 6.02. The zero-order valence-electron chi connectivity index (χ0n) is 9.39. The van der Waals surface area contributed by atoms with Crippen LogP contribution in [-0.4, -0.2) is 15.7 Å². The third-order valence-electron chi connectivity index (χ3n) is 2.26. The number of nitrogens with zero attached hydrogens (tertiary/aromatic N) is 3. The molecule has 2 aromatic rings. The van der Waals surface area contributed by atoms with E-state index < -0.39 is 5.91 Å². The van der Waals surface area contributed by atoms with Crippen LogP contribution in [0.25, 0.3) is 0 Å². The van der Waals surface area contributed by atoms with E-state index in [0.29, 0.717) is 17.1 Å². The summed E-state index contributed by atoms with van der Waals surface area (Å²) in [4.78, 5) is 11.8. The van der Waals surface area contributed by atoms with E-state index in [2.05, 4.69) is 10.4 Å². The second-order valence-corrected chi connectivity index (χ2v) is 3.51. The van der Waals surface area contributed by atoms with Gasteiger partial charge in [0.05, 0.1) is 6.20 Å². The number of aromatic nitrogens is 2. The minimum Gasteiger partial charge on any atom is -0.456 e. The Morgan fingerprint density at radius 1 is 1.59 bits per heavy atom. The van der Waals surface area contributed by atoms with Gasteiger partial charge >= 0.3 is 0 Å². The topological polar surface area (TPSA) is 83.9 Å². The van der Waals surface area contributed by atoms with Crippen molar-refractivity contribution in [3.8, 4) is 6.07 Å². The zero-order valence-corrected chi connectivity index (χ0v) is 9.39. The smallest absolute Gasteiger partial charge is 0.292 e. The molecule has 0 saturated heterocycles. The molecular formula is C11H10N4O2. The summed E-state index contributed by atoms with van der Waals surface area (Å²) in [5.41, 5.74) is 0.309. The highest BCUT2D eigenvalue weighted by Gasteiger charge is 2.15. The SMILES string of the molecule is Cc1ccc(C(=O)Nc2c(C#N)cnn2C)o1. The summed E-state index contributed by atoms with van der Waals surface area (Å²) in [7, 11) is 1.64. The molecule has 0 atom stereocenters. The zero-order chi connectivity index (χ0) is 12.4. The largest absolute Gasteiger partial charge is 0.456 e. The molecule has 0 saturated carbocycles. The first-order valence-corrected chi connectivity index (χ1v) is 4.91. The molecule has 0 aliphatic carbocycles. The van der Waals surface area contributed by atoms with Gasteiger partial charge in [0, 0.05) is 7.05 Å². The van der Waals surface area contributed by atoms with Gasteiger partial charge < -0.3 is 9.73 Å². The summed E-state index contributed by atoms with van der Waals surface area (Å²) < 4.78 is 6.61. The van der Waals surface area contributed by atoms with Crippen molar-refractivity contribution < 1.29 is 9.21 Å². The number of furan rings is 1. The number of amides is 1. The molecule has 0 unspecified atom stereocenters. The molecule has 6 heteroatoms. The van der Waals surface area contributed by atoms with Gasteiger partial charge in [0.2, 0.25) is 0 Å². The maximum atomic E-state index is 11.8. The predicted molar refractivity (Wildman–Crippen MR) is 59.3 cm³/mol. The molecule has 0 fully saturated rings. The second kappa shape index (κ2) is 4.14. The minimum atomic E-state index is -0.404. The summed E-state index contributed by atoms with van der Waals surface area (Å²) in [5.74, 6) is 0.804. The van der Waals surface area contributed by atoms with Crippen molar-refractivity contribution in [2.75, 3.05) is 5.32 Å². The van der Waals surface area contributed by atoms with Crippen LogP contribution in [0.2, 0.25) is 0 Å². The summed E-state index contributed by atoms with van der Waals surface area (Å²) in [6.07, 6.45) is 1.39. The molecule has 1 amide bonds. The highest BCUT2D eigenvalue weighted by atomic mass is 16.3. The van der Waals surface area contributed by atoms with E-state index in [9.17, 15) is 4.79 Å². The minimum absolute atomic E-state index is 0.201. The van der Waals surface area contributed by atoms with E-state index in [-0.39, 0.29) is 5.76 Å². The van der Waals surface area contributed by atoms with Crippen molar-refractivity contribution in [2.45, 2.75) is 6.92 Å². The van der Waals surface area contributed by atoms with Crippen LogP contribution in [0.3, 0.4) is 0 Å². The van der Waals surface area contributed by atoms with E-state index in [4.69, 9.17) is 9.68 Å². The summed E-state index contributed by atoms with van der Waals surface area (Å²) in [6.45, 7) is 1.75. The van der Waals surface area contributed by atoms with Gasteiger partial charge in [-0.3, -0.25) is 9.48 Å². The third-order valence-corrected chi connectivity index (χ3v) is 2.26. The predicted octanol–water partition coefficient (Wildman–Crippen LogP) is 1.45. The number of carbonyl (C=O) groups excluding carboxylic acids is 1. The van der Waals surface area contributed by atoms with Gasteiger partial charge in [-0.15, -0.1) is 0 Å². The van der Waals surface area contributed by atoms with Crippen LogP contribution < -0.4 is 5.32 Å². The van der Waals surface area contributed by atoms with Crippen LogP contribution in [0.1, 0.15) is 21.9 Å². The van der Waals surface area contributed by atoms with Gasteiger partial charge in [0.15, 0.2) is 5.76 Å². The molecule has 1 N–H and O–H groups in total. The highest BCUT2D eigenvalue weighted by Crippen LogP contribution is 2.15. The van der Waals surface area contributed by atoms with E-state index >= 15 is 0 Å². The lowest BCUT2D eigenvalue weighted by molar-refractivity contribution is 0.0994. The van der Waals surface area contributed by atoms with Crippen molar-refractivity contribution in [3.63, 3.8) is 0 Å². The first-order chi connectivity index (χ1) is 8.11. The monoisotopic (exact) mass is 230 g/mol. The molecule has 6 nitrogen and oxygen atoms in total. The van der Waals surface area contributed by atoms with E-state index in [1.54, 1.807) is 26.1 Å². The quantitative estimate of drug-likeness (QED) is 0.846.